The smallest absolute Gasteiger partial charge is 0.307 e. The fraction of sp³-hybridized carbons (Fsp3) is 0.500. The standard InChI is InChI=1S/C26H36O6S/c1-26(2,3)20(18-19-8-6-5-7-9-19)10-15-24(23(16-17-27)25(28)29)33(30,31)22-13-11-21(32-4)12-14-22/h5-9,11-14,20,23-24,27H,10,15-18H2,1-4H3,(H,28,29)/t20?,23-,24+/m0/s1. The van der Waals surface area contributed by atoms with Gasteiger partial charge in [0.15, 0.2) is 9.84 Å². The van der Waals surface area contributed by atoms with Crippen LogP contribution in [-0.4, -0.2) is 43.6 Å². The topological polar surface area (TPSA) is 101 Å². The van der Waals surface area contributed by atoms with E-state index in [1.807, 2.05) is 18.2 Å². The molecule has 33 heavy (non-hydrogen) atoms. The van der Waals surface area contributed by atoms with Crippen LogP contribution < -0.4 is 4.74 Å². The fourth-order valence-electron chi connectivity index (χ4n) is 4.23. The lowest BCUT2D eigenvalue weighted by Crippen LogP contribution is -2.37. The number of hydrogen-bond donors (Lipinski definition) is 2. The molecule has 0 aromatic heterocycles. The average molecular weight is 477 g/mol. The Balaban J connectivity index is 2.38. The number of methoxy groups -OCH3 is 1. The van der Waals surface area contributed by atoms with Crippen molar-refractivity contribution in [1.29, 1.82) is 0 Å². The van der Waals surface area contributed by atoms with Gasteiger partial charge in [-0.1, -0.05) is 51.1 Å². The molecule has 2 aromatic rings. The van der Waals surface area contributed by atoms with E-state index in [2.05, 4.69) is 32.9 Å². The molecule has 0 fully saturated rings. The average Bonchev–Trinajstić information content (AvgIpc) is 2.77. The Labute approximate surface area is 197 Å². The summed E-state index contributed by atoms with van der Waals surface area (Å²) in [5, 5.41) is 18.2. The normalized spacial score (nSPS) is 14.9. The number of carbonyl (C=O) groups is 1. The largest absolute Gasteiger partial charge is 0.497 e. The molecule has 6 nitrogen and oxygen atoms in total. The van der Waals surface area contributed by atoms with E-state index in [1.54, 1.807) is 12.1 Å². The number of hydrogen-bond acceptors (Lipinski definition) is 5. The minimum Gasteiger partial charge on any atom is -0.497 e. The van der Waals surface area contributed by atoms with Gasteiger partial charge < -0.3 is 14.9 Å². The van der Waals surface area contributed by atoms with Crippen LogP contribution in [0.2, 0.25) is 0 Å². The lowest BCUT2D eigenvalue weighted by molar-refractivity contribution is -0.142. The Hall–Kier alpha value is -2.38. The van der Waals surface area contributed by atoms with Gasteiger partial charge in [-0.05, 0) is 66.8 Å². The first kappa shape index (κ1) is 26.9. The quantitative estimate of drug-likeness (QED) is 0.464. The van der Waals surface area contributed by atoms with Gasteiger partial charge in [0, 0.05) is 6.61 Å². The van der Waals surface area contributed by atoms with Crippen LogP contribution in [-0.2, 0) is 21.1 Å². The predicted molar refractivity (Wildman–Crippen MR) is 129 cm³/mol. The Morgan fingerprint density at radius 2 is 1.58 bits per heavy atom. The molecule has 0 bridgehead atoms. The lowest BCUT2D eigenvalue weighted by atomic mass is 9.74. The number of carboxylic acids is 1. The second kappa shape index (κ2) is 11.7. The van der Waals surface area contributed by atoms with Crippen molar-refractivity contribution < 1.29 is 28.2 Å². The number of ether oxygens (including phenoxy) is 1. The molecule has 182 valence electrons. The van der Waals surface area contributed by atoms with Gasteiger partial charge in [-0.2, -0.15) is 0 Å². The zero-order chi connectivity index (χ0) is 24.6. The number of aliphatic hydroxyl groups is 1. The van der Waals surface area contributed by atoms with Gasteiger partial charge in [0.25, 0.3) is 0 Å². The molecule has 0 saturated heterocycles. The molecule has 0 radical (unpaired) electrons. The maximum atomic E-state index is 13.6. The van der Waals surface area contributed by atoms with Crippen molar-refractivity contribution in [3.8, 4) is 5.75 Å². The van der Waals surface area contributed by atoms with Crippen molar-refractivity contribution in [3.05, 3.63) is 60.2 Å². The summed E-state index contributed by atoms with van der Waals surface area (Å²) in [5.74, 6) is -1.73. The van der Waals surface area contributed by atoms with Crippen LogP contribution in [0.4, 0.5) is 0 Å². The highest BCUT2D eigenvalue weighted by atomic mass is 32.2. The highest BCUT2D eigenvalue weighted by Gasteiger charge is 2.39. The highest BCUT2D eigenvalue weighted by Crippen LogP contribution is 2.36. The van der Waals surface area contributed by atoms with Gasteiger partial charge in [-0.25, -0.2) is 8.42 Å². The molecule has 0 spiro atoms. The highest BCUT2D eigenvalue weighted by molar-refractivity contribution is 7.92. The summed E-state index contributed by atoms with van der Waals surface area (Å²) in [7, 11) is -2.46. The van der Waals surface area contributed by atoms with Crippen molar-refractivity contribution in [3.63, 3.8) is 0 Å². The first-order valence-corrected chi connectivity index (χ1v) is 12.8. The zero-order valence-corrected chi connectivity index (χ0v) is 20.7. The molecule has 0 saturated carbocycles. The van der Waals surface area contributed by atoms with Crippen LogP contribution in [0.25, 0.3) is 0 Å². The summed E-state index contributed by atoms with van der Waals surface area (Å²) in [5.41, 5.74) is 1.07. The van der Waals surface area contributed by atoms with E-state index in [9.17, 15) is 23.4 Å². The van der Waals surface area contributed by atoms with Crippen LogP contribution in [0.5, 0.6) is 5.75 Å². The van der Waals surface area contributed by atoms with Gasteiger partial charge in [0.2, 0.25) is 0 Å². The Morgan fingerprint density at radius 1 is 0.970 bits per heavy atom. The van der Waals surface area contributed by atoms with Crippen LogP contribution in [0.3, 0.4) is 0 Å². The number of benzene rings is 2. The van der Waals surface area contributed by atoms with E-state index in [0.717, 1.165) is 12.0 Å². The van der Waals surface area contributed by atoms with Crippen molar-refractivity contribution >= 4 is 15.8 Å². The monoisotopic (exact) mass is 476 g/mol. The fourth-order valence-corrected chi connectivity index (χ4v) is 6.22. The third kappa shape index (κ3) is 7.30. The Morgan fingerprint density at radius 3 is 2.06 bits per heavy atom. The van der Waals surface area contributed by atoms with Gasteiger partial charge in [-0.3, -0.25) is 4.79 Å². The van der Waals surface area contributed by atoms with Crippen molar-refractivity contribution in [2.24, 2.45) is 17.3 Å². The first-order chi connectivity index (χ1) is 15.5. The second-order valence-corrected chi connectivity index (χ2v) is 11.7. The molecule has 1 unspecified atom stereocenters. The number of aliphatic carboxylic acids is 1. The molecule has 2 rings (SSSR count). The number of rotatable bonds is 12. The van der Waals surface area contributed by atoms with Crippen molar-refractivity contribution in [2.45, 2.75) is 56.6 Å². The molecule has 0 amide bonds. The summed E-state index contributed by atoms with van der Waals surface area (Å²) >= 11 is 0. The number of sulfone groups is 1. The third-order valence-electron chi connectivity index (χ3n) is 6.34. The molecule has 0 aliphatic carbocycles. The molecule has 0 heterocycles. The van der Waals surface area contributed by atoms with Crippen LogP contribution in [0, 0.1) is 17.3 Å². The van der Waals surface area contributed by atoms with Crippen molar-refractivity contribution in [2.75, 3.05) is 13.7 Å². The molecule has 0 aliphatic heterocycles. The summed E-state index contributed by atoms with van der Waals surface area (Å²) < 4.78 is 32.3. The predicted octanol–water partition coefficient (Wildman–Crippen LogP) is 4.61. The number of carboxylic acid groups (broad SMARTS) is 1. The molecule has 2 N–H and O–H groups in total. The van der Waals surface area contributed by atoms with Gasteiger partial charge in [-0.15, -0.1) is 0 Å². The number of aliphatic hydroxyl groups excluding tert-OH is 1. The van der Waals surface area contributed by atoms with Crippen molar-refractivity contribution in [1.82, 2.24) is 0 Å². The Kier molecular flexibility index (Phi) is 9.49. The Bertz CT molecular complexity index is 978. The molecule has 2 aromatic carbocycles. The maximum Gasteiger partial charge on any atom is 0.307 e. The van der Waals surface area contributed by atoms with E-state index in [1.165, 1.54) is 19.2 Å². The summed E-state index contributed by atoms with van der Waals surface area (Å²) in [6.45, 7) is 5.97. The molecular formula is C26H36O6S. The molecule has 7 heteroatoms. The van der Waals surface area contributed by atoms with Gasteiger partial charge in [0.1, 0.15) is 5.75 Å². The minimum absolute atomic E-state index is 0.0628. The lowest BCUT2D eigenvalue weighted by Gasteiger charge is -2.33. The zero-order valence-electron chi connectivity index (χ0n) is 19.9. The van der Waals surface area contributed by atoms with Crippen LogP contribution in [0.15, 0.2) is 59.5 Å². The van der Waals surface area contributed by atoms with E-state index in [0.29, 0.717) is 12.2 Å². The SMILES string of the molecule is COc1ccc(S(=O)(=O)[C@H](CCC(Cc2ccccc2)C(C)(C)C)[C@H](CCO)C(=O)O)cc1. The van der Waals surface area contributed by atoms with Crippen LogP contribution >= 0.6 is 0 Å². The van der Waals surface area contributed by atoms with E-state index in [-0.39, 0.29) is 29.1 Å². The van der Waals surface area contributed by atoms with Crippen LogP contribution in [0.1, 0.15) is 45.6 Å². The van der Waals surface area contributed by atoms with E-state index >= 15 is 0 Å². The first-order valence-electron chi connectivity index (χ1n) is 11.3. The summed E-state index contributed by atoms with van der Waals surface area (Å²) in [6, 6.07) is 16.0. The molecule has 3 atom stereocenters. The van der Waals surface area contributed by atoms with E-state index in [4.69, 9.17) is 4.74 Å². The maximum absolute atomic E-state index is 13.6. The molecular weight excluding hydrogens is 440 g/mol. The van der Waals surface area contributed by atoms with Gasteiger partial charge >= 0.3 is 5.97 Å². The third-order valence-corrected chi connectivity index (χ3v) is 8.63. The van der Waals surface area contributed by atoms with Gasteiger partial charge in [0.05, 0.1) is 23.2 Å². The summed E-state index contributed by atoms with van der Waals surface area (Å²) in [6.07, 6.45) is 1.40. The minimum atomic E-state index is -3.95. The summed E-state index contributed by atoms with van der Waals surface area (Å²) in [4.78, 5) is 12.1. The second-order valence-electron chi connectivity index (χ2n) is 9.55. The van der Waals surface area contributed by atoms with E-state index < -0.39 is 33.6 Å². The molecule has 0 aliphatic rings.